The predicted octanol–water partition coefficient (Wildman–Crippen LogP) is 5.06. The van der Waals surface area contributed by atoms with Crippen molar-refractivity contribution in [2.75, 3.05) is 6.54 Å². The molecular weight excluding hydrogens is 237 g/mol. The standard InChI is InChI=1S/C17H28FN/c1-2-3-4-5-6-7-8-11-14-19-15-16-12-9-10-13-17(16)18/h9-10,12-13,19H,2-8,11,14-15H2,1H3. The molecule has 0 aliphatic rings. The van der Waals surface area contributed by atoms with E-state index >= 15 is 0 Å². The van der Waals surface area contributed by atoms with E-state index in [2.05, 4.69) is 12.2 Å². The van der Waals surface area contributed by atoms with Gasteiger partial charge in [0.1, 0.15) is 5.82 Å². The first-order chi connectivity index (χ1) is 9.34. The van der Waals surface area contributed by atoms with Crippen LogP contribution in [0.5, 0.6) is 0 Å². The quantitative estimate of drug-likeness (QED) is 0.552. The SMILES string of the molecule is CCCCCCCCCCNCc1ccccc1F. The zero-order chi connectivity index (χ0) is 13.8. The molecular formula is C17H28FN. The zero-order valence-corrected chi connectivity index (χ0v) is 12.3. The molecule has 0 spiro atoms. The van der Waals surface area contributed by atoms with Crippen LogP contribution < -0.4 is 5.32 Å². The van der Waals surface area contributed by atoms with Gasteiger partial charge in [0, 0.05) is 12.1 Å². The molecule has 0 heterocycles. The third kappa shape index (κ3) is 7.99. The second-order valence-corrected chi connectivity index (χ2v) is 5.24. The first-order valence-electron chi connectivity index (χ1n) is 7.78. The summed E-state index contributed by atoms with van der Waals surface area (Å²) >= 11 is 0. The topological polar surface area (TPSA) is 12.0 Å². The Balaban J connectivity index is 1.90. The van der Waals surface area contributed by atoms with E-state index in [1.165, 1.54) is 57.4 Å². The molecule has 1 N–H and O–H groups in total. The highest BCUT2D eigenvalue weighted by atomic mass is 19.1. The summed E-state index contributed by atoms with van der Waals surface area (Å²) in [4.78, 5) is 0. The Morgan fingerprint density at radius 2 is 1.53 bits per heavy atom. The fourth-order valence-electron chi connectivity index (χ4n) is 2.25. The van der Waals surface area contributed by atoms with Crippen LogP contribution in [0, 0.1) is 5.82 Å². The van der Waals surface area contributed by atoms with Crippen LogP contribution in [0.3, 0.4) is 0 Å². The Labute approximate surface area is 117 Å². The molecule has 0 atom stereocenters. The molecule has 0 radical (unpaired) electrons. The molecule has 0 aliphatic carbocycles. The molecule has 0 bridgehead atoms. The van der Waals surface area contributed by atoms with Crippen molar-refractivity contribution < 1.29 is 4.39 Å². The Hall–Kier alpha value is -0.890. The minimum Gasteiger partial charge on any atom is -0.313 e. The van der Waals surface area contributed by atoms with Crippen LogP contribution in [0.2, 0.25) is 0 Å². The molecule has 0 aromatic heterocycles. The van der Waals surface area contributed by atoms with Crippen LogP contribution in [0.15, 0.2) is 24.3 Å². The summed E-state index contributed by atoms with van der Waals surface area (Å²) in [5.74, 6) is -0.106. The van der Waals surface area contributed by atoms with Crippen molar-refractivity contribution in [3.63, 3.8) is 0 Å². The van der Waals surface area contributed by atoms with Gasteiger partial charge in [0.05, 0.1) is 0 Å². The molecule has 1 nitrogen and oxygen atoms in total. The highest BCUT2D eigenvalue weighted by molar-refractivity contribution is 5.16. The van der Waals surface area contributed by atoms with Gasteiger partial charge in [0.15, 0.2) is 0 Å². The van der Waals surface area contributed by atoms with Gasteiger partial charge in [-0.05, 0) is 19.0 Å². The molecule has 19 heavy (non-hydrogen) atoms. The molecule has 0 unspecified atom stereocenters. The van der Waals surface area contributed by atoms with Crippen LogP contribution in [-0.4, -0.2) is 6.54 Å². The molecule has 108 valence electrons. The molecule has 1 aromatic rings. The number of nitrogens with one attached hydrogen (secondary N) is 1. The number of hydrogen-bond acceptors (Lipinski definition) is 1. The average molecular weight is 265 g/mol. The maximum atomic E-state index is 13.3. The summed E-state index contributed by atoms with van der Waals surface area (Å²) in [5.41, 5.74) is 0.766. The lowest BCUT2D eigenvalue weighted by Crippen LogP contribution is -2.15. The van der Waals surface area contributed by atoms with E-state index in [0.29, 0.717) is 6.54 Å². The summed E-state index contributed by atoms with van der Waals surface area (Å²) in [6, 6.07) is 6.98. The van der Waals surface area contributed by atoms with Gasteiger partial charge < -0.3 is 5.32 Å². The van der Waals surface area contributed by atoms with E-state index in [9.17, 15) is 4.39 Å². The first-order valence-corrected chi connectivity index (χ1v) is 7.78. The van der Waals surface area contributed by atoms with Gasteiger partial charge in [-0.3, -0.25) is 0 Å². The van der Waals surface area contributed by atoms with Gasteiger partial charge in [0.25, 0.3) is 0 Å². The summed E-state index contributed by atoms with van der Waals surface area (Å²) < 4.78 is 13.3. The maximum Gasteiger partial charge on any atom is 0.127 e. The molecule has 1 aromatic carbocycles. The van der Waals surface area contributed by atoms with Crippen molar-refractivity contribution in [1.82, 2.24) is 5.32 Å². The third-order valence-electron chi connectivity index (χ3n) is 3.48. The van der Waals surface area contributed by atoms with Crippen LogP contribution in [0.1, 0.15) is 63.9 Å². The Morgan fingerprint density at radius 3 is 2.21 bits per heavy atom. The summed E-state index contributed by atoms with van der Waals surface area (Å²) in [6.07, 6.45) is 10.7. The highest BCUT2D eigenvalue weighted by Gasteiger charge is 1.99. The summed E-state index contributed by atoms with van der Waals surface area (Å²) in [6.45, 7) is 3.88. The van der Waals surface area contributed by atoms with E-state index in [-0.39, 0.29) is 5.82 Å². The number of hydrogen-bond donors (Lipinski definition) is 1. The summed E-state index contributed by atoms with van der Waals surface area (Å²) in [5, 5.41) is 3.31. The van der Waals surface area contributed by atoms with Gasteiger partial charge in [-0.15, -0.1) is 0 Å². The molecule has 0 aliphatic heterocycles. The lowest BCUT2D eigenvalue weighted by molar-refractivity contribution is 0.546. The van der Waals surface area contributed by atoms with Crippen LogP contribution >= 0.6 is 0 Å². The van der Waals surface area contributed by atoms with Crippen LogP contribution in [0.4, 0.5) is 4.39 Å². The zero-order valence-electron chi connectivity index (χ0n) is 12.3. The van der Waals surface area contributed by atoms with Crippen molar-refractivity contribution in [2.24, 2.45) is 0 Å². The molecule has 0 amide bonds. The second-order valence-electron chi connectivity index (χ2n) is 5.24. The normalized spacial score (nSPS) is 10.8. The minimum absolute atomic E-state index is 0.106. The van der Waals surface area contributed by atoms with E-state index in [1.807, 2.05) is 12.1 Å². The lowest BCUT2D eigenvalue weighted by Gasteiger charge is -2.06. The first kappa shape index (κ1) is 16.2. The maximum absolute atomic E-state index is 13.3. The molecule has 2 heteroatoms. The monoisotopic (exact) mass is 265 g/mol. The Morgan fingerprint density at radius 1 is 0.895 bits per heavy atom. The fraction of sp³-hybridized carbons (Fsp3) is 0.647. The van der Waals surface area contributed by atoms with E-state index in [0.717, 1.165) is 12.1 Å². The number of benzene rings is 1. The van der Waals surface area contributed by atoms with Gasteiger partial charge in [-0.2, -0.15) is 0 Å². The van der Waals surface area contributed by atoms with Crippen molar-refractivity contribution in [1.29, 1.82) is 0 Å². The highest BCUT2D eigenvalue weighted by Crippen LogP contribution is 2.08. The minimum atomic E-state index is -0.106. The van der Waals surface area contributed by atoms with E-state index in [1.54, 1.807) is 6.07 Å². The Kier molecular flexibility index (Phi) is 9.34. The lowest BCUT2D eigenvalue weighted by atomic mass is 10.1. The van der Waals surface area contributed by atoms with Crippen molar-refractivity contribution in [2.45, 2.75) is 64.8 Å². The molecule has 0 fully saturated rings. The smallest absolute Gasteiger partial charge is 0.127 e. The van der Waals surface area contributed by atoms with Gasteiger partial charge in [-0.25, -0.2) is 4.39 Å². The molecule has 1 rings (SSSR count). The summed E-state index contributed by atoms with van der Waals surface area (Å²) in [7, 11) is 0. The average Bonchev–Trinajstić information content (AvgIpc) is 2.43. The van der Waals surface area contributed by atoms with E-state index < -0.39 is 0 Å². The van der Waals surface area contributed by atoms with Gasteiger partial charge >= 0.3 is 0 Å². The van der Waals surface area contributed by atoms with Crippen LogP contribution in [0.25, 0.3) is 0 Å². The number of halogens is 1. The fourth-order valence-corrected chi connectivity index (χ4v) is 2.25. The molecule has 0 saturated heterocycles. The van der Waals surface area contributed by atoms with E-state index in [4.69, 9.17) is 0 Å². The van der Waals surface area contributed by atoms with Crippen molar-refractivity contribution in [3.05, 3.63) is 35.6 Å². The van der Waals surface area contributed by atoms with Crippen molar-refractivity contribution >= 4 is 0 Å². The largest absolute Gasteiger partial charge is 0.313 e. The van der Waals surface area contributed by atoms with Gasteiger partial charge in [-0.1, -0.05) is 70.1 Å². The van der Waals surface area contributed by atoms with Crippen molar-refractivity contribution in [3.8, 4) is 0 Å². The Bertz CT molecular complexity index is 325. The number of unbranched alkanes of at least 4 members (excludes halogenated alkanes) is 7. The molecule has 0 saturated carbocycles. The predicted molar refractivity (Wildman–Crippen MR) is 80.7 cm³/mol. The second kappa shape index (κ2) is 11.0. The third-order valence-corrected chi connectivity index (χ3v) is 3.48. The van der Waals surface area contributed by atoms with Crippen LogP contribution in [-0.2, 0) is 6.54 Å². The van der Waals surface area contributed by atoms with Gasteiger partial charge in [0.2, 0.25) is 0 Å². The number of rotatable bonds is 11.